The Balaban J connectivity index is 1.71. The molecule has 0 unspecified atom stereocenters. The molecule has 3 aliphatic heterocycles. The Morgan fingerprint density at radius 1 is 1.00 bits per heavy atom. The fourth-order valence-electron chi connectivity index (χ4n) is 4.32. The van der Waals surface area contributed by atoms with Gasteiger partial charge >= 0.3 is 11.9 Å². The first-order valence-corrected chi connectivity index (χ1v) is 9.36. The third-order valence-corrected chi connectivity index (χ3v) is 5.52. The number of rotatable bonds is 5. The highest BCUT2D eigenvalue weighted by Gasteiger charge is 2.72. The summed E-state index contributed by atoms with van der Waals surface area (Å²) in [6.07, 6.45) is 0.888. The SMILES string of the molecule is CC(=O)OC(OC(C)=O)[C@@]12C=C[C@@H](O1)[C@@H]1C(=O)N(c3ccc(C(C)=O)cc3)C(=O)[C@@H]12. The van der Waals surface area contributed by atoms with E-state index in [4.69, 9.17) is 14.2 Å². The summed E-state index contributed by atoms with van der Waals surface area (Å²) >= 11 is 0. The largest absolute Gasteiger partial charge is 0.422 e. The van der Waals surface area contributed by atoms with Gasteiger partial charge in [0.1, 0.15) is 0 Å². The van der Waals surface area contributed by atoms with Crippen molar-refractivity contribution in [3.63, 3.8) is 0 Å². The molecule has 0 aliphatic carbocycles. The number of hydrogen-bond donors (Lipinski definition) is 0. The number of esters is 2. The minimum atomic E-state index is -1.59. The summed E-state index contributed by atoms with van der Waals surface area (Å²) in [6, 6.07) is 6.11. The van der Waals surface area contributed by atoms with Gasteiger partial charge < -0.3 is 14.2 Å². The normalized spacial score (nSPS) is 28.8. The molecule has 0 radical (unpaired) electrons. The number of carbonyl (C=O) groups excluding carboxylic acids is 5. The second kappa shape index (κ2) is 6.88. The zero-order valence-corrected chi connectivity index (χ0v) is 16.5. The number of amides is 2. The van der Waals surface area contributed by atoms with Gasteiger partial charge in [-0.25, -0.2) is 4.90 Å². The zero-order chi connectivity index (χ0) is 21.8. The standard InChI is InChI=1S/C21H19NO8/c1-10(23)13-4-6-14(7-5-13)22-18(26)16-15-8-9-21(30-15,17(16)19(22)27)20(28-11(2)24)29-12(3)25/h4-9,15-17,20H,1-3H3/t15-,16+,17-,21+/m1/s1. The van der Waals surface area contributed by atoms with E-state index >= 15 is 0 Å². The van der Waals surface area contributed by atoms with E-state index in [1.54, 1.807) is 6.08 Å². The number of carbonyl (C=O) groups is 5. The van der Waals surface area contributed by atoms with Crippen LogP contribution in [0.5, 0.6) is 0 Å². The van der Waals surface area contributed by atoms with Crippen LogP contribution in [-0.4, -0.2) is 47.5 Å². The number of Topliss-reactive ketones (excluding diaryl/α,β-unsaturated/α-hetero) is 1. The van der Waals surface area contributed by atoms with Crippen molar-refractivity contribution in [3.8, 4) is 0 Å². The smallest absolute Gasteiger partial charge is 0.305 e. The predicted octanol–water partition coefficient (Wildman–Crippen LogP) is 1.15. The lowest BCUT2D eigenvalue weighted by Gasteiger charge is -2.34. The summed E-state index contributed by atoms with van der Waals surface area (Å²) < 4.78 is 16.2. The van der Waals surface area contributed by atoms with E-state index in [2.05, 4.69) is 0 Å². The van der Waals surface area contributed by atoms with E-state index in [0.29, 0.717) is 11.3 Å². The molecule has 4 rings (SSSR count). The van der Waals surface area contributed by atoms with Crippen LogP contribution in [0.15, 0.2) is 36.4 Å². The Kier molecular flexibility index (Phi) is 4.58. The van der Waals surface area contributed by atoms with Crippen molar-refractivity contribution in [2.24, 2.45) is 11.8 Å². The Morgan fingerprint density at radius 2 is 1.60 bits per heavy atom. The van der Waals surface area contributed by atoms with Crippen molar-refractivity contribution in [1.82, 2.24) is 0 Å². The first-order valence-electron chi connectivity index (χ1n) is 9.36. The first kappa shape index (κ1) is 20.0. The fraction of sp³-hybridized carbons (Fsp3) is 0.381. The number of benzene rings is 1. The lowest BCUT2D eigenvalue weighted by Crippen LogP contribution is -2.52. The van der Waals surface area contributed by atoms with E-state index in [9.17, 15) is 24.0 Å². The minimum Gasteiger partial charge on any atom is -0.422 e. The van der Waals surface area contributed by atoms with Crippen LogP contribution in [0.25, 0.3) is 0 Å². The first-order chi connectivity index (χ1) is 14.2. The van der Waals surface area contributed by atoms with Crippen LogP contribution < -0.4 is 4.90 Å². The van der Waals surface area contributed by atoms with Gasteiger partial charge in [0, 0.05) is 19.4 Å². The lowest BCUT2D eigenvalue weighted by molar-refractivity contribution is -0.226. The van der Waals surface area contributed by atoms with Crippen molar-refractivity contribution in [2.45, 2.75) is 38.8 Å². The van der Waals surface area contributed by atoms with Crippen molar-refractivity contribution < 1.29 is 38.2 Å². The molecule has 0 spiro atoms. The van der Waals surface area contributed by atoms with E-state index < -0.39 is 53.6 Å². The van der Waals surface area contributed by atoms with E-state index in [1.807, 2.05) is 0 Å². The lowest BCUT2D eigenvalue weighted by atomic mass is 9.76. The molecule has 4 atom stereocenters. The van der Waals surface area contributed by atoms with Gasteiger partial charge in [0.25, 0.3) is 6.29 Å². The molecule has 2 saturated heterocycles. The molecule has 0 saturated carbocycles. The van der Waals surface area contributed by atoms with Crippen LogP contribution in [0.3, 0.4) is 0 Å². The van der Waals surface area contributed by atoms with Crippen molar-refractivity contribution in [2.75, 3.05) is 4.90 Å². The molecular weight excluding hydrogens is 394 g/mol. The number of nitrogens with zero attached hydrogens (tertiary/aromatic N) is 1. The molecule has 3 aliphatic rings. The molecule has 1 aromatic rings. The molecule has 2 amide bonds. The van der Waals surface area contributed by atoms with Gasteiger partial charge in [-0.05, 0) is 37.3 Å². The molecule has 2 bridgehead atoms. The summed E-state index contributed by atoms with van der Waals surface area (Å²) in [4.78, 5) is 62.2. The molecule has 156 valence electrons. The maximum absolute atomic E-state index is 13.3. The Bertz CT molecular complexity index is 981. The Labute approximate surface area is 171 Å². The molecular formula is C21H19NO8. The van der Waals surface area contributed by atoms with Crippen molar-refractivity contribution >= 4 is 35.2 Å². The molecule has 30 heavy (non-hydrogen) atoms. The number of ketones is 1. The monoisotopic (exact) mass is 413 g/mol. The Hall–Kier alpha value is -3.33. The summed E-state index contributed by atoms with van der Waals surface area (Å²) in [5, 5.41) is 0. The third-order valence-electron chi connectivity index (χ3n) is 5.52. The number of hydrogen-bond acceptors (Lipinski definition) is 8. The van der Waals surface area contributed by atoms with Crippen molar-refractivity contribution in [1.29, 1.82) is 0 Å². The van der Waals surface area contributed by atoms with Gasteiger partial charge in [-0.15, -0.1) is 0 Å². The second-order valence-corrected chi connectivity index (χ2v) is 7.46. The second-order valence-electron chi connectivity index (χ2n) is 7.46. The van der Waals surface area contributed by atoms with Gasteiger partial charge in [-0.3, -0.25) is 24.0 Å². The van der Waals surface area contributed by atoms with Crippen LogP contribution in [-0.2, 0) is 33.4 Å². The average Bonchev–Trinajstić information content (AvgIpc) is 3.32. The maximum atomic E-state index is 13.3. The van der Waals surface area contributed by atoms with Crippen molar-refractivity contribution in [3.05, 3.63) is 42.0 Å². The number of imide groups is 1. The number of anilines is 1. The van der Waals surface area contributed by atoms with Gasteiger partial charge in [-0.1, -0.05) is 6.08 Å². The summed E-state index contributed by atoms with van der Waals surface area (Å²) in [5.74, 6) is -4.50. The van der Waals surface area contributed by atoms with Gasteiger partial charge in [0.05, 0.1) is 23.6 Å². The van der Waals surface area contributed by atoms with E-state index in [-0.39, 0.29) is 5.78 Å². The fourth-order valence-corrected chi connectivity index (χ4v) is 4.32. The van der Waals surface area contributed by atoms with E-state index in [1.165, 1.54) is 37.3 Å². The minimum absolute atomic E-state index is 0.141. The zero-order valence-electron chi connectivity index (χ0n) is 16.5. The molecule has 2 fully saturated rings. The van der Waals surface area contributed by atoms with Gasteiger partial charge in [0.15, 0.2) is 11.4 Å². The van der Waals surface area contributed by atoms with Gasteiger partial charge in [0.2, 0.25) is 11.8 Å². The van der Waals surface area contributed by atoms with Crippen LogP contribution in [0.1, 0.15) is 31.1 Å². The maximum Gasteiger partial charge on any atom is 0.305 e. The quantitative estimate of drug-likeness (QED) is 0.232. The summed E-state index contributed by atoms with van der Waals surface area (Å²) in [7, 11) is 0. The van der Waals surface area contributed by atoms with E-state index in [0.717, 1.165) is 18.7 Å². The topological polar surface area (TPSA) is 116 Å². The average molecular weight is 413 g/mol. The van der Waals surface area contributed by atoms with Crippen LogP contribution in [0.2, 0.25) is 0 Å². The highest BCUT2D eigenvalue weighted by atomic mass is 16.7. The molecule has 9 heteroatoms. The molecule has 1 aromatic carbocycles. The Morgan fingerprint density at radius 3 is 2.13 bits per heavy atom. The van der Waals surface area contributed by atoms with Crippen LogP contribution >= 0.6 is 0 Å². The summed E-state index contributed by atoms with van der Waals surface area (Å²) in [5.41, 5.74) is -0.826. The molecule has 0 aromatic heterocycles. The van der Waals surface area contributed by atoms with Crippen LogP contribution in [0, 0.1) is 11.8 Å². The number of ether oxygens (including phenoxy) is 3. The highest BCUT2D eigenvalue weighted by Crippen LogP contribution is 2.54. The predicted molar refractivity (Wildman–Crippen MR) is 100.0 cm³/mol. The molecule has 3 heterocycles. The van der Waals surface area contributed by atoms with Gasteiger partial charge in [-0.2, -0.15) is 0 Å². The number of fused-ring (bicyclic) bond motifs is 5. The molecule has 0 N–H and O–H groups in total. The molecule has 9 nitrogen and oxygen atoms in total. The summed E-state index contributed by atoms with van der Waals surface area (Å²) in [6.45, 7) is 3.70. The third kappa shape index (κ3) is 2.85. The van der Waals surface area contributed by atoms with Crippen LogP contribution in [0.4, 0.5) is 5.69 Å². The highest BCUT2D eigenvalue weighted by molar-refractivity contribution is 6.23.